The number of amides is 2. The van der Waals surface area contributed by atoms with Gasteiger partial charge < -0.3 is 10.6 Å². The average molecular weight is 389 g/mol. The minimum absolute atomic E-state index is 0.0846. The normalized spacial score (nSPS) is 12.1. The predicted octanol–water partition coefficient (Wildman–Crippen LogP) is 2.51. The van der Waals surface area contributed by atoms with Crippen LogP contribution >= 0.6 is 0 Å². The molecule has 0 aliphatic carbocycles. The van der Waals surface area contributed by atoms with Gasteiger partial charge in [0.25, 0.3) is 5.91 Å². The largest absolute Gasteiger partial charge is 0.349 e. The van der Waals surface area contributed by atoms with Crippen LogP contribution in [-0.2, 0) is 14.8 Å². The van der Waals surface area contributed by atoms with Crippen molar-refractivity contribution in [2.45, 2.75) is 26.3 Å². The van der Waals surface area contributed by atoms with Crippen molar-refractivity contribution in [1.29, 1.82) is 0 Å². The molecular weight excluding hydrogens is 366 g/mol. The van der Waals surface area contributed by atoms with E-state index in [1.54, 1.807) is 56.3 Å². The van der Waals surface area contributed by atoms with Gasteiger partial charge in [-0.3, -0.25) is 14.3 Å². The van der Waals surface area contributed by atoms with Gasteiger partial charge >= 0.3 is 0 Å². The highest BCUT2D eigenvalue weighted by Crippen LogP contribution is 2.21. The Labute approximate surface area is 159 Å². The molecule has 0 aliphatic heterocycles. The van der Waals surface area contributed by atoms with E-state index < -0.39 is 10.0 Å². The van der Waals surface area contributed by atoms with Crippen LogP contribution in [0.1, 0.15) is 29.3 Å². The van der Waals surface area contributed by atoms with Crippen molar-refractivity contribution in [2.75, 3.05) is 16.3 Å². The molecule has 0 bridgehead atoms. The van der Waals surface area contributed by atoms with E-state index in [4.69, 9.17) is 0 Å². The number of nitrogens with one attached hydrogen (secondary N) is 3. The van der Waals surface area contributed by atoms with Gasteiger partial charge in [-0.2, -0.15) is 0 Å². The molecule has 0 spiro atoms. The minimum Gasteiger partial charge on any atom is -0.349 e. The molecule has 27 heavy (non-hydrogen) atoms. The van der Waals surface area contributed by atoms with Crippen molar-refractivity contribution in [3.8, 4) is 0 Å². The first-order valence-electron chi connectivity index (χ1n) is 8.38. The van der Waals surface area contributed by atoms with E-state index in [1.807, 2.05) is 6.07 Å². The third kappa shape index (κ3) is 6.74. The van der Waals surface area contributed by atoms with Gasteiger partial charge in [0, 0.05) is 23.7 Å². The third-order valence-electron chi connectivity index (χ3n) is 3.72. The Morgan fingerprint density at radius 1 is 1.07 bits per heavy atom. The highest BCUT2D eigenvalue weighted by molar-refractivity contribution is 7.92. The molecule has 0 heterocycles. The molecule has 1 atom stereocenters. The molecule has 0 saturated heterocycles. The summed E-state index contributed by atoms with van der Waals surface area (Å²) in [6.45, 7) is 3.51. The lowest BCUT2D eigenvalue weighted by atomic mass is 10.1. The predicted molar refractivity (Wildman–Crippen MR) is 106 cm³/mol. The molecule has 2 aromatic carbocycles. The summed E-state index contributed by atoms with van der Waals surface area (Å²) in [7, 11) is -3.41. The van der Waals surface area contributed by atoms with Gasteiger partial charge in [-0.25, -0.2) is 8.42 Å². The first kappa shape index (κ1) is 20.4. The van der Waals surface area contributed by atoms with Crippen LogP contribution in [0.15, 0.2) is 48.5 Å². The lowest BCUT2D eigenvalue weighted by Gasteiger charge is -2.15. The molecule has 0 aromatic heterocycles. The lowest BCUT2D eigenvalue weighted by molar-refractivity contribution is -0.116. The quantitative estimate of drug-likeness (QED) is 0.677. The smallest absolute Gasteiger partial charge is 0.251 e. The summed E-state index contributed by atoms with van der Waals surface area (Å²) in [5.74, 6) is -0.532. The molecule has 2 aromatic rings. The molecular formula is C19H23N3O4S. The Bertz CT molecular complexity index is 927. The van der Waals surface area contributed by atoms with Crippen molar-refractivity contribution in [3.63, 3.8) is 0 Å². The van der Waals surface area contributed by atoms with Crippen LogP contribution in [0.25, 0.3) is 0 Å². The summed E-state index contributed by atoms with van der Waals surface area (Å²) < 4.78 is 25.2. The van der Waals surface area contributed by atoms with Crippen molar-refractivity contribution in [2.24, 2.45) is 0 Å². The number of benzene rings is 2. The Morgan fingerprint density at radius 2 is 1.74 bits per heavy atom. The molecule has 0 fully saturated rings. The Kier molecular flexibility index (Phi) is 6.57. The van der Waals surface area contributed by atoms with Gasteiger partial charge in [-0.15, -0.1) is 0 Å². The molecule has 7 nitrogen and oxygen atoms in total. The molecule has 0 radical (unpaired) electrons. The standard InChI is InChI=1S/C19H23N3O4S/c1-13-9-10-16(12-17(13)22-27(3,25)26)21-18(23)11-14(2)20-19(24)15-7-5-4-6-8-15/h4-10,12,14,22H,11H2,1-3H3,(H,20,24)(H,21,23). The van der Waals surface area contributed by atoms with E-state index in [0.717, 1.165) is 11.8 Å². The fourth-order valence-electron chi connectivity index (χ4n) is 2.45. The Morgan fingerprint density at radius 3 is 2.37 bits per heavy atom. The molecule has 1 unspecified atom stereocenters. The average Bonchev–Trinajstić information content (AvgIpc) is 2.57. The second kappa shape index (κ2) is 8.68. The number of sulfonamides is 1. The molecule has 144 valence electrons. The monoisotopic (exact) mass is 389 g/mol. The summed E-state index contributed by atoms with van der Waals surface area (Å²) in [6, 6.07) is 13.4. The van der Waals surface area contributed by atoms with Crippen LogP contribution in [0.2, 0.25) is 0 Å². The zero-order valence-corrected chi connectivity index (χ0v) is 16.3. The number of aryl methyl sites for hydroxylation is 1. The van der Waals surface area contributed by atoms with Crippen molar-refractivity contribution >= 4 is 33.2 Å². The number of hydrogen-bond donors (Lipinski definition) is 3. The van der Waals surface area contributed by atoms with Gasteiger partial charge in [0.2, 0.25) is 15.9 Å². The fourth-order valence-corrected chi connectivity index (χ4v) is 3.07. The van der Waals surface area contributed by atoms with Crippen LogP contribution in [0, 0.1) is 6.92 Å². The van der Waals surface area contributed by atoms with Gasteiger partial charge in [-0.05, 0) is 43.7 Å². The van der Waals surface area contributed by atoms with E-state index in [-0.39, 0.29) is 24.3 Å². The third-order valence-corrected chi connectivity index (χ3v) is 4.31. The van der Waals surface area contributed by atoms with E-state index in [2.05, 4.69) is 15.4 Å². The van der Waals surface area contributed by atoms with Gasteiger partial charge in [0.1, 0.15) is 0 Å². The topological polar surface area (TPSA) is 104 Å². The molecule has 0 saturated carbocycles. The van der Waals surface area contributed by atoms with Crippen LogP contribution < -0.4 is 15.4 Å². The van der Waals surface area contributed by atoms with E-state index in [1.165, 1.54) is 0 Å². The minimum atomic E-state index is -3.41. The van der Waals surface area contributed by atoms with E-state index in [9.17, 15) is 18.0 Å². The van der Waals surface area contributed by atoms with E-state index in [0.29, 0.717) is 16.9 Å². The second-order valence-electron chi connectivity index (χ2n) is 6.40. The first-order valence-corrected chi connectivity index (χ1v) is 10.3. The summed E-state index contributed by atoms with van der Waals surface area (Å²) in [6.07, 6.45) is 1.15. The van der Waals surface area contributed by atoms with Crippen LogP contribution in [-0.4, -0.2) is 32.5 Å². The number of carbonyl (C=O) groups excluding carboxylic acids is 2. The molecule has 2 amide bonds. The summed E-state index contributed by atoms with van der Waals surface area (Å²) in [5.41, 5.74) is 2.14. The maximum atomic E-state index is 12.2. The van der Waals surface area contributed by atoms with Crippen LogP contribution in [0.3, 0.4) is 0 Å². The van der Waals surface area contributed by atoms with Crippen molar-refractivity contribution < 1.29 is 18.0 Å². The zero-order chi connectivity index (χ0) is 20.0. The van der Waals surface area contributed by atoms with Gasteiger partial charge in [-0.1, -0.05) is 24.3 Å². The highest BCUT2D eigenvalue weighted by atomic mass is 32.2. The zero-order valence-electron chi connectivity index (χ0n) is 15.4. The van der Waals surface area contributed by atoms with E-state index >= 15 is 0 Å². The SMILES string of the molecule is Cc1ccc(NC(=O)CC(C)NC(=O)c2ccccc2)cc1NS(C)(=O)=O. The molecule has 8 heteroatoms. The number of hydrogen-bond acceptors (Lipinski definition) is 4. The molecule has 2 rings (SSSR count). The first-order chi connectivity index (χ1) is 12.6. The van der Waals surface area contributed by atoms with Crippen molar-refractivity contribution in [1.82, 2.24) is 5.32 Å². The fraction of sp³-hybridized carbons (Fsp3) is 0.263. The second-order valence-corrected chi connectivity index (χ2v) is 8.15. The summed E-state index contributed by atoms with van der Waals surface area (Å²) in [5, 5.41) is 5.49. The number of rotatable bonds is 7. The molecule has 0 aliphatic rings. The summed E-state index contributed by atoms with van der Waals surface area (Å²) >= 11 is 0. The van der Waals surface area contributed by atoms with Crippen LogP contribution in [0.4, 0.5) is 11.4 Å². The van der Waals surface area contributed by atoms with Crippen LogP contribution in [0.5, 0.6) is 0 Å². The maximum Gasteiger partial charge on any atom is 0.251 e. The molecule has 3 N–H and O–H groups in total. The maximum absolute atomic E-state index is 12.2. The van der Waals surface area contributed by atoms with Gasteiger partial charge in [0.15, 0.2) is 0 Å². The summed E-state index contributed by atoms with van der Waals surface area (Å²) in [4.78, 5) is 24.3. The van der Waals surface area contributed by atoms with Gasteiger partial charge in [0.05, 0.1) is 11.9 Å². The highest BCUT2D eigenvalue weighted by Gasteiger charge is 2.14. The Hall–Kier alpha value is -2.87. The number of carbonyl (C=O) groups is 2. The number of anilines is 2. The Balaban J connectivity index is 1.95. The lowest BCUT2D eigenvalue weighted by Crippen LogP contribution is -2.35. The van der Waals surface area contributed by atoms with Crippen molar-refractivity contribution in [3.05, 3.63) is 59.7 Å².